The molecule has 0 saturated carbocycles. The largest absolute Gasteiger partial charge is 0.469 e. The summed E-state index contributed by atoms with van der Waals surface area (Å²) in [6.07, 6.45) is 0.970. The monoisotopic (exact) mass is 293 g/mol. The highest BCUT2D eigenvalue weighted by Crippen LogP contribution is 2.18. The highest BCUT2D eigenvalue weighted by atomic mass is 79.9. The lowest BCUT2D eigenvalue weighted by Crippen LogP contribution is -2.02. The minimum atomic E-state index is -0.207. The van der Waals surface area contributed by atoms with E-state index < -0.39 is 0 Å². The normalized spacial score (nSPS) is 10.5. The van der Waals surface area contributed by atoms with Crippen LogP contribution in [0.2, 0.25) is 0 Å². The van der Waals surface area contributed by atoms with Crippen molar-refractivity contribution in [2.24, 2.45) is 0 Å². The summed E-state index contributed by atoms with van der Waals surface area (Å²) in [5.74, 6) is -0.207. The van der Waals surface area contributed by atoms with Crippen LogP contribution in [0.5, 0.6) is 0 Å². The van der Waals surface area contributed by atoms with Gasteiger partial charge in [0.15, 0.2) is 0 Å². The van der Waals surface area contributed by atoms with E-state index in [1.165, 1.54) is 7.11 Å². The Hall–Kier alpha value is -1.42. The molecule has 2 rings (SSSR count). The fourth-order valence-corrected chi connectivity index (χ4v) is 1.95. The van der Waals surface area contributed by atoms with Crippen LogP contribution >= 0.6 is 15.9 Å². The van der Waals surface area contributed by atoms with Crippen molar-refractivity contribution in [2.45, 2.75) is 12.8 Å². The number of pyridine rings is 1. The second-order valence-electron chi connectivity index (χ2n) is 3.72. The van der Waals surface area contributed by atoms with Crippen LogP contribution in [-0.2, 0) is 16.0 Å². The molecule has 0 saturated heterocycles. The standard InChI is InChI=1S/C13H12BrNO2/c1-17-13(16)7-6-11-5-3-9-2-4-10(14)8-12(9)15-11/h2-5,8H,6-7H2,1H3. The second-order valence-corrected chi connectivity index (χ2v) is 4.63. The van der Waals surface area contributed by atoms with Crippen molar-refractivity contribution in [1.29, 1.82) is 0 Å². The summed E-state index contributed by atoms with van der Waals surface area (Å²) in [7, 11) is 1.40. The Morgan fingerprint density at radius 2 is 2.12 bits per heavy atom. The van der Waals surface area contributed by atoms with Gasteiger partial charge >= 0.3 is 5.97 Å². The Bertz CT molecular complexity index is 554. The third-order valence-corrected chi connectivity index (χ3v) is 3.02. The highest BCUT2D eigenvalue weighted by Gasteiger charge is 2.03. The minimum Gasteiger partial charge on any atom is -0.469 e. The number of ether oxygens (including phenoxy) is 1. The molecule has 1 aromatic carbocycles. The van der Waals surface area contributed by atoms with E-state index in [0.717, 1.165) is 21.1 Å². The predicted molar refractivity (Wildman–Crippen MR) is 69.8 cm³/mol. The first-order valence-corrected chi connectivity index (χ1v) is 6.10. The van der Waals surface area contributed by atoms with Crippen molar-refractivity contribution in [3.63, 3.8) is 0 Å². The van der Waals surface area contributed by atoms with Gasteiger partial charge in [0.05, 0.1) is 19.0 Å². The lowest BCUT2D eigenvalue weighted by atomic mass is 10.1. The van der Waals surface area contributed by atoms with Crippen molar-refractivity contribution >= 4 is 32.8 Å². The van der Waals surface area contributed by atoms with E-state index in [2.05, 4.69) is 25.7 Å². The molecular formula is C13H12BrNO2. The van der Waals surface area contributed by atoms with E-state index >= 15 is 0 Å². The summed E-state index contributed by atoms with van der Waals surface area (Å²) in [5, 5.41) is 1.09. The maximum absolute atomic E-state index is 11.0. The average molecular weight is 294 g/mol. The Morgan fingerprint density at radius 3 is 2.88 bits per heavy atom. The number of carbonyl (C=O) groups is 1. The summed E-state index contributed by atoms with van der Waals surface area (Å²) in [6, 6.07) is 9.92. The first-order chi connectivity index (χ1) is 8.19. The number of fused-ring (bicyclic) bond motifs is 1. The zero-order valence-electron chi connectivity index (χ0n) is 9.44. The van der Waals surface area contributed by atoms with Gasteiger partial charge in [-0.2, -0.15) is 0 Å². The Kier molecular flexibility index (Phi) is 3.74. The van der Waals surface area contributed by atoms with Crippen LogP contribution in [0.15, 0.2) is 34.8 Å². The first-order valence-electron chi connectivity index (χ1n) is 5.31. The zero-order chi connectivity index (χ0) is 12.3. The number of esters is 1. The number of aromatic nitrogens is 1. The van der Waals surface area contributed by atoms with Crippen LogP contribution in [0.3, 0.4) is 0 Å². The molecule has 4 heteroatoms. The molecule has 17 heavy (non-hydrogen) atoms. The van der Waals surface area contributed by atoms with Gasteiger partial charge in [-0.3, -0.25) is 9.78 Å². The molecule has 1 heterocycles. The molecule has 0 aliphatic rings. The van der Waals surface area contributed by atoms with E-state index in [0.29, 0.717) is 12.8 Å². The molecule has 0 N–H and O–H groups in total. The quantitative estimate of drug-likeness (QED) is 0.817. The Balaban J connectivity index is 2.22. The zero-order valence-corrected chi connectivity index (χ0v) is 11.0. The predicted octanol–water partition coefficient (Wildman–Crippen LogP) is 3.10. The highest BCUT2D eigenvalue weighted by molar-refractivity contribution is 9.10. The summed E-state index contributed by atoms with van der Waals surface area (Å²) >= 11 is 3.42. The molecule has 0 atom stereocenters. The number of aryl methyl sites for hydroxylation is 1. The van der Waals surface area contributed by atoms with Gasteiger partial charge in [0, 0.05) is 22.0 Å². The minimum absolute atomic E-state index is 0.207. The maximum Gasteiger partial charge on any atom is 0.305 e. The molecule has 2 aromatic rings. The van der Waals surface area contributed by atoms with Crippen LogP contribution < -0.4 is 0 Å². The van der Waals surface area contributed by atoms with E-state index in [1.54, 1.807) is 0 Å². The molecule has 0 radical (unpaired) electrons. The van der Waals surface area contributed by atoms with Crippen molar-refractivity contribution in [3.8, 4) is 0 Å². The molecule has 0 spiro atoms. The molecule has 0 unspecified atom stereocenters. The molecule has 0 aliphatic carbocycles. The molecule has 0 bridgehead atoms. The van der Waals surface area contributed by atoms with Gasteiger partial charge in [-0.25, -0.2) is 0 Å². The second kappa shape index (κ2) is 5.27. The van der Waals surface area contributed by atoms with Crippen LogP contribution in [0.25, 0.3) is 10.9 Å². The smallest absolute Gasteiger partial charge is 0.305 e. The van der Waals surface area contributed by atoms with Gasteiger partial charge in [-0.15, -0.1) is 0 Å². The van der Waals surface area contributed by atoms with Crippen molar-refractivity contribution < 1.29 is 9.53 Å². The summed E-state index contributed by atoms with van der Waals surface area (Å²) in [6.45, 7) is 0. The molecular weight excluding hydrogens is 282 g/mol. The number of methoxy groups -OCH3 is 1. The van der Waals surface area contributed by atoms with E-state index in [-0.39, 0.29) is 5.97 Å². The number of nitrogens with zero attached hydrogens (tertiary/aromatic N) is 1. The number of carbonyl (C=O) groups excluding carboxylic acids is 1. The number of hydrogen-bond donors (Lipinski definition) is 0. The molecule has 0 amide bonds. The Morgan fingerprint density at radius 1 is 1.35 bits per heavy atom. The molecule has 1 aromatic heterocycles. The van der Waals surface area contributed by atoms with Gasteiger partial charge < -0.3 is 4.74 Å². The van der Waals surface area contributed by atoms with Gasteiger partial charge in [-0.05, 0) is 18.2 Å². The van der Waals surface area contributed by atoms with Gasteiger partial charge in [0.25, 0.3) is 0 Å². The Labute approximate surface area is 108 Å². The first kappa shape index (κ1) is 12.0. The van der Waals surface area contributed by atoms with Gasteiger partial charge in [0.2, 0.25) is 0 Å². The lowest BCUT2D eigenvalue weighted by molar-refractivity contribution is -0.140. The molecule has 0 fully saturated rings. The third-order valence-electron chi connectivity index (χ3n) is 2.52. The molecule has 0 aliphatic heterocycles. The van der Waals surface area contributed by atoms with Crippen LogP contribution in [0.4, 0.5) is 0 Å². The number of hydrogen-bond acceptors (Lipinski definition) is 3. The van der Waals surface area contributed by atoms with Crippen LogP contribution in [0, 0.1) is 0 Å². The van der Waals surface area contributed by atoms with Crippen LogP contribution in [0.1, 0.15) is 12.1 Å². The van der Waals surface area contributed by atoms with Gasteiger partial charge in [0.1, 0.15) is 0 Å². The summed E-state index contributed by atoms with van der Waals surface area (Å²) < 4.78 is 5.61. The van der Waals surface area contributed by atoms with Gasteiger partial charge in [-0.1, -0.05) is 28.1 Å². The number of benzene rings is 1. The SMILES string of the molecule is COC(=O)CCc1ccc2ccc(Br)cc2n1. The van der Waals surface area contributed by atoms with Crippen LogP contribution in [-0.4, -0.2) is 18.1 Å². The molecule has 88 valence electrons. The maximum atomic E-state index is 11.0. The van der Waals surface area contributed by atoms with Crippen molar-refractivity contribution in [3.05, 3.63) is 40.5 Å². The fourth-order valence-electron chi connectivity index (χ4n) is 1.60. The topological polar surface area (TPSA) is 39.2 Å². The average Bonchev–Trinajstić information content (AvgIpc) is 2.35. The fraction of sp³-hybridized carbons (Fsp3) is 0.231. The van der Waals surface area contributed by atoms with E-state index in [9.17, 15) is 4.79 Å². The van der Waals surface area contributed by atoms with Crippen molar-refractivity contribution in [1.82, 2.24) is 4.98 Å². The van der Waals surface area contributed by atoms with Crippen molar-refractivity contribution in [2.75, 3.05) is 7.11 Å². The van der Waals surface area contributed by atoms with E-state index in [1.807, 2.05) is 30.3 Å². The number of rotatable bonds is 3. The lowest BCUT2D eigenvalue weighted by Gasteiger charge is -2.03. The van der Waals surface area contributed by atoms with E-state index in [4.69, 9.17) is 0 Å². The third kappa shape index (κ3) is 3.03. The summed E-state index contributed by atoms with van der Waals surface area (Å²) in [5.41, 5.74) is 1.84. The molecule has 3 nitrogen and oxygen atoms in total. The number of halogens is 1. The summed E-state index contributed by atoms with van der Waals surface area (Å²) in [4.78, 5) is 15.5.